The first-order valence-corrected chi connectivity index (χ1v) is 7.76. The number of hydrogen-bond donors (Lipinski definition) is 3. The Balaban J connectivity index is 2.19. The molecule has 0 saturated carbocycles. The highest BCUT2D eigenvalue weighted by atomic mass is 16.2. The molecule has 7 heteroatoms. The minimum absolute atomic E-state index is 0.139. The van der Waals surface area contributed by atoms with Crippen LogP contribution in [0, 0.1) is 6.92 Å². The molecular weight excluding hydrogens is 306 g/mol. The molecule has 0 fully saturated rings. The molecule has 0 aliphatic carbocycles. The Morgan fingerprint density at radius 3 is 2.58 bits per heavy atom. The van der Waals surface area contributed by atoms with E-state index in [1.165, 1.54) is 6.92 Å². The standard InChI is InChI=1S/C17H21N5O2/c1-4-8-18-17(24)15-10-16(20-11(2)19-15)22-14-7-5-6-13(9-14)21-12(3)23/h5-7,9-10H,4,8H2,1-3H3,(H,18,24)(H,21,23)(H,19,20,22). The van der Waals surface area contributed by atoms with Crippen molar-refractivity contribution in [2.24, 2.45) is 0 Å². The molecule has 0 unspecified atom stereocenters. The lowest BCUT2D eigenvalue weighted by atomic mass is 10.2. The van der Waals surface area contributed by atoms with Crippen LogP contribution in [0.5, 0.6) is 0 Å². The smallest absolute Gasteiger partial charge is 0.270 e. The van der Waals surface area contributed by atoms with E-state index in [0.717, 1.165) is 12.1 Å². The largest absolute Gasteiger partial charge is 0.351 e. The van der Waals surface area contributed by atoms with Crippen molar-refractivity contribution in [2.45, 2.75) is 27.2 Å². The normalized spacial score (nSPS) is 10.1. The Hall–Kier alpha value is -2.96. The first kappa shape index (κ1) is 17.4. The number of amides is 2. The van der Waals surface area contributed by atoms with Crippen molar-refractivity contribution < 1.29 is 9.59 Å². The van der Waals surface area contributed by atoms with Crippen molar-refractivity contribution in [3.8, 4) is 0 Å². The van der Waals surface area contributed by atoms with Gasteiger partial charge in [0.1, 0.15) is 17.3 Å². The summed E-state index contributed by atoms with van der Waals surface area (Å²) in [6.45, 7) is 5.77. The Morgan fingerprint density at radius 2 is 1.88 bits per heavy atom. The maximum absolute atomic E-state index is 12.1. The molecule has 0 bridgehead atoms. The maximum atomic E-state index is 12.1. The Bertz CT molecular complexity index is 746. The molecule has 3 N–H and O–H groups in total. The van der Waals surface area contributed by atoms with Gasteiger partial charge in [0.05, 0.1) is 0 Å². The Labute approximate surface area is 140 Å². The van der Waals surface area contributed by atoms with Crippen LogP contribution in [0.25, 0.3) is 0 Å². The van der Waals surface area contributed by atoms with Gasteiger partial charge in [0.15, 0.2) is 0 Å². The summed E-state index contributed by atoms with van der Waals surface area (Å²) in [4.78, 5) is 31.7. The first-order chi connectivity index (χ1) is 11.5. The van der Waals surface area contributed by atoms with Crippen LogP contribution in [-0.4, -0.2) is 28.3 Å². The molecular formula is C17H21N5O2. The quantitative estimate of drug-likeness (QED) is 0.758. The van der Waals surface area contributed by atoms with Crippen LogP contribution >= 0.6 is 0 Å². The summed E-state index contributed by atoms with van der Waals surface area (Å²) in [5, 5.41) is 8.64. The van der Waals surface area contributed by atoms with Gasteiger partial charge in [-0.2, -0.15) is 0 Å². The van der Waals surface area contributed by atoms with Gasteiger partial charge in [0, 0.05) is 30.9 Å². The lowest BCUT2D eigenvalue weighted by Gasteiger charge is -2.10. The van der Waals surface area contributed by atoms with Gasteiger partial charge in [-0.25, -0.2) is 9.97 Å². The average Bonchev–Trinajstić information content (AvgIpc) is 2.51. The van der Waals surface area contributed by atoms with Crippen LogP contribution in [0.2, 0.25) is 0 Å². The number of aryl methyl sites for hydroxylation is 1. The van der Waals surface area contributed by atoms with Crippen molar-refractivity contribution in [3.63, 3.8) is 0 Å². The molecule has 0 saturated heterocycles. The molecule has 2 rings (SSSR count). The number of carbonyl (C=O) groups excluding carboxylic acids is 2. The van der Waals surface area contributed by atoms with Gasteiger partial charge < -0.3 is 16.0 Å². The summed E-state index contributed by atoms with van der Waals surface area (Å²) < 4.78 is 0. The van der Waals surface area contributed by atoms with Gasteiger partial charge in [0.25, 0.3) is 5.91 Å². The Morgan fingerprint density at radius 1 is 1.12 bits per heavy atom. The molecule has 1 aromatic carbocycles. The molecule has 0 atom stereocenters. The van der Waals surface area contributed by atoms with Gasteiger partial charge in [0.2, 0.25) is 5.91 Å². The highest BCUT2D eigenvalue weighted by molar-refractivity contribution is 5.93. The highest BCUT2D eigenvalue weighted by Gasteiger charge is 2.10. The first-order valence-electron chi connectivity index (χ1n) is 7.76. The van der Waals surface area contributed by atoms with Crippen LogP contribution < -0.4 is 16.0 Å². The third kappa shape index (κ3) is 5.05. The highest BCUT2D eigenvalue weighted by Crippen LogP contribution is 2.19. The monoisotopic (exact) mass is 327 g/mol. The predicted octanol–water partition coefficient (Wildman–Crippen LogP) is 2.63. The second-order valence-electron chi connectivity index (χ2n) is 5.33. The van der Waals surface area contributed by atoms with Crippen molar-refractivity contribution in [2.75, 3.05) is 17.2 Å². The van der Waals surface area contributed by atoms with Crippen molar-refractivity contribution >= 4 is 29.0 Å². The third-order valence-electron chi connectivity index (χ3n) is 3.06. The number of hydrogen-bond acceptors (Lipinski definition) is 5. The SMILES string of the molecule is CCCNC(=O)c1cc(Nc2cccc(NC(C)=O)c2)nc(C)n1. The zero-order chi connectivity index (χ0) is 17.5. The van der Waals surface area contributed by atoms with E-state index >= 15 is 0 Å². The van der Waals surface area contributed by atoms with E-state index < -0.39 is 0 Å². The van der Waals surface area contributed by atoms with Crippen molar-refractivity contribution in [1.82, 2.24) is 15.3 Å². The number of anilines is 3. The molecule has 0 radical (unpaired) electrons. The van der Waals surface area contributed by atoms with Crippen LogP contribution in [0.15, 0.2) is 30.3 Å². The second-order valence-corrected chi connectivity index (χ2v) is 5.33. The number of aromatic nitrogens is 2. The average molecular weight is 327 g/mol. The molecule has 7 nitrogen and oxygen atoms in total. The van der Waals surface area contributed by atoms with E-state index in [0.29, 0.717) is 29.6 Å². The fourth-order valence-electron chi connectivity index (χ4n) is 2.10. The van der Waals surface area contributed by atoms with Crippen molar-refractivity contribution in [1.29, 1.82) is 0 Å². The molecule has 2 aromatic rings. The molecule has 1 aromatic heterocycles. The third-order valence-corrected chi connectivity index (χ3v) is 3.06. The predicted molar refractivity (Wildman–Crippen MR) is 93.4 cm³/mol. The fraction of sp³-hybridized carbons (Fsp3) is 0.294. The Kier molecular flexibility index (Phi) is 5.83. The van der Waals surface area contributed by atoms with E-state index in [2.05, 4.69) is 25.9 Å². The molecule has 126 valence electrons. The van der Waals surface area contributed by atoms with E-state index in [4.69, 9.17) is 0 Å². The summed E-state index contributed by atoms with van der Waals surface area (Å²) in [7, 11) is 0. The molecule has 0 aliphatic rings. The number of nitrogens with zero attached hydrogens (tertiary/aromatic N) is 2. The molecule has 1 heterocycles. The summed E-state index contributed by atoms with van der Waals surface area (Å²) in [6, 6.07) is 8.84. The lowest BCUT2D eigenvalue weighted by molar-refractivity contribution is -0.114. The number of rotatable bonds is 6. The zero-order valence-corrected chi connectivity index (χ0v) is 14.0. The van der Waals surface area contributed by atoms with Crippen LogP contribution in [-0.2, 0) is 4.79 Å². The van der Waals surface area contributed by atoms with Gasteiger partial charge in [-0.1, -0.05) is 13.0 Å². The number of benzene rings is 1. The summed E-state index contributed by atoms with van der Waals surface area (Å²) in [6.07, 6.45) is 0.858. The fourth-order valence-corrected chi connectivity index (χ4v) is 2.10. The zero-order valence-electron chi connectivity index (χ0n) is 14.0. The molecule has 0 aliphatic heterocycles. The van der Waals surface area contributed by atoms with Gasteiger partial charge in [-0.05, 0) is 31.5 Å². The lowest BCUT2D eigenvalue weighted by Crippen LogP contribution is -2.25. The minimum Gasteiger partial charge on any atom is -0.351 e. The van der Waals surface area contributed by atoms with E-state index in [1.807, 2.05) is 19.1 Å². The summed E-state index contributed by atoms with van der Waals surface area (Å²) >= 11 is 0. The van der Waals surface area contributed by atoms with Crippen LogP contribution in [0.3, 0.4) is 0 Å². The van der Waals surface area contributed by atoms with Crippen LogP contribution in [0.1, 0.15) is 36.6 Å². The maximum Gasteiger partial charge on any atom is 0.270 e. The molecule has 24 heavy (non-hydrogen) atoms. The number of nitrogens with one attached hydrogen (secondary N) is 3. The molecule has 2 amide bonds. The van der Waals surface area contributed by atoms with Gasteiger partial charge >= 0.3 is 0 Å². The van der Waals surface area contributed by atoms with Gasteiger partial charge in [-0.3, -0.25) is 9.59 Å². The molecule has 0 spiro atoms. The van der Waals surface area contributed by atoms with Crippen molar-refractivity contribution in [3.05, 3.63) is 41.9 Å². The second kappa shape index (κ2) is 8.05. The topological polar surface area (TPSA) is 96.0 Å². The van der Waals surface area contributed by atoms with E-state index in [-0.39, 0.29) is 11.8 Å². The van der Waals surface area contributed by atoms with E-state index in [1.54, 1.807) is 25.1 Å². The number of carbonyl (C=O) groups is 2. The van der Waals surface area contributed by atoms with E-state index in [9.17, 15) is 9.59 Å². The minimum atomic E-state index is -0.225. The van der Waals surface area contributed by atoms with Crippen LogP contribution in [0.4, 0.5) is 17.2 Å². The van der Waals surface area contributed by atoms with Gasteiger partial charge in [-0.15, -0.1) is 0 Å². The summed E-state index contributed by atoms with van der Waals surface area (Å²) in [5.41, 5.74) is 1.75. The summed E-state index contributed by atoms with van der Waals surface area (Å²) in [5.74, 6) is 0.654.